The van der Waals surface area contributed by atoms with Gasteiger partial charge >= 0.3 is 0 Å². The Morgan fingerprint density at radius 1 is 0.944 bits per heavy atom. The van der Waals surface area contributed by atoms with E-state index in [9.17, 15) is 8.78 Å². The van der Waals surface area contributed by atoms with Gasteiger partial charge in [0.1, 0.15) is 11.6 Å². The van der Waals surface area contributed by atoms with E-state index in [0.29, 0.717) is 5.56 Å². The summed E-state index contributed by atoms with van der Waals surface area (Å²) in [6, 6.07) is 13.0. The highest BCUT2D eigenvalue weighted by atomic mass is 19.1. The van der Waals surface area contributed by atoms with Gasteiger partial charge in [0.2, 0.25) is 0 Å². The van der Waals surface area contributed by atoms with Gasteiger partial charge < -0.3 is 6.15 Å². The van der Waals surface area contributed by atoms with Crippen LogP contribution in [0.5, 0.6) is 0 Å². The standard InChI is InChI=1S/C15H14F2.H3N/c1-2-13(11-7-9-12(16)10-8-11)14-5-3-4-6-15(14)17;/h3-10,13H,2H2,1H3;1H3. The van der Waals surface area contributed by atoms with Crippen LogP contribution < -0.4 is 6.15 Å². The fraction of sp³-hybridized carbons (Fsp3) is 0.200. The van der Waals surface area contributed by atoms with Crippen molar-refractivity contribution in [2.45, 2.75) is 19.3 Å². The van der Waals surface area contributed by atoms with E-state index in [4.69, 9.17) is 0 Å². The molecule has 2 aromatic carbocycles. The third-order valence-corrected chi connectivity index (χ3v) is 2.96. The highest BCUT2D eigenvalue weighted by Crippen LogP contribution is 2.29. The van der Waals surface area contributed by atoms with Crippen LogP contribution in [0.2, 0.25) is 0 Å². The highest BCUT2D eigenvalue weighted by molar-refractivity contribution is 5.33. The predicted octanol–water partition coefficient (Wildman–Crippen LogP) is 4.67. The highest BCUT2D eigenvalue weighted by Gasteiger charge is 2.15. The maximum atomic E-state index is 13.7. The molecule has 0 aromatic heterocycles. The summed E-state index contributed by atoms with van der Waals surface area (Å²) in [6.07, 6.45) is 0.784. The fourth-order valence-corrected chi connectivity index (χ4v) is 2.09. The molecule has 2 rings (SSSR count). The molecule has 0 aliphatic heterocycles. The molecule has 96 valence electrons. The monoisotopic (exact) mass is 249 g/mol. The van der Waals surface area contributed by atoms with Crippen LogP contribution in [0, 0.1) is 11.6 Å². The second-order valence-electron chi connectivity index (χ2n) is 4.03. The minimum Gasteiger partial charge on any atom is -0.344 e. The number of benzene rings is 2. The smallest absolute Gasteiger partial charge is 0.127 e. The molecule has 1 nitrogen and oxygen atoms in total. The summed E-state index contributed by atoms with van der Waals surface area (Å²) in [5.74, 6) is -0.488. The number of rotatable bonds is 3. The van der Waals surface area contributed by atoms with E-state index in [-0.39, 0.29) is 23.7 Å². The molecule has 0 saturated carbocycles. The zero-order valence-corrected chi connectivity index (χ0v) is 10.4. The van der Waals surface area contributed by atoms with Gasteiger partial charge in [-0.05, 0) is 35.7 Å². The minimum absolute atomic E-state index is 0. The third kappa shape index (κ3) is 2.93. The first-order chi connectivity index (χ1) is 8.22. The maximum absolute atomic E-state index is 13.7. The van der Waals surface area contributed by atoms with Crippen molar-refractivity contribution in [3.63, 3.8) is 0 Å². The van der Waals surface area contributed by atoms with Crippen molar-refractivity contribution in [1.82, 2.24) is 6.15 Å². The summed E-state index contributed by atoms with van der Waals surface area (Å²) >= 11 is 0. The SMILES string of the molecule is CCC(c1ccc(F)cc1)c1ccccc1F.N. The van der Waals surface area contributed by atoms with Gasteiger partial charge in [-0.15, -0.1) is 0 Å². The maximum Gasteiger partial charge on any atom is 0.127 e. The van der Waals surface area contributed by atoms with Crippen LogP contribution in [-0.2, 0) is 0 Å². The average Bonchev–Trinajstić information content (AvgIpc) is 2.35. The lowest BCUT2D eigenvalue weighted by Crippen LogP contribution is -2.02. The van der Waals surface area contributed by atoms with Crippen molar-refractivity contribution in [2.75, 3.05) is 0 Å². The fourth-order valence-electron chi connectivity index (χ4n) is 2.09. The summed E-state index contributed by atoms with van der Waals surface area (Å²) in [5.41, 5.74) is 1.61. The van der Waals surface area contributed by atoms with Gasteiger partial charge in [-0.1, -0.05) is 37.3 Å². The van der Waals surface area contributed by atoms with Crippen LogP contribution in [0.3, 0.4) is 0 Å². The van der Waals surface area contributed by atoms with Crippen LogP contribution in [0.1, 0.15) is 30.4 Å². The first-order valence-corrected chi connectivity index (χ1v) is 5.72. The number of hydrogen-bond donors (Lipinski definition) is 1. The molecule has 0 heterocycles. The molecule has 3 N–H and O–H groups in total. The van der Waals surface area contributed by atoms with Crippen molar-refractivity contribution in [2.24, 2.45) is 0 Å². The van der Waals surface area contributed by atoms with Crippen molar-refractivity contribution in [1.29, 1.82) is 0 Å². The molecule has 0 fully saturated rings. The summed E-state index contributed by atoms with van der Waals surface area (Å²) in [6.45, 7) is 2.00. The van der Waals surface area contributed by atoms with Gasteiger partial charge in [0.05, 0.1) is 0 Å². The van der Waals surface area contributed by atoms with E-state index in [0.717, 1.165) is 12.0 Å². The lowest BCUT2D eigenvalue weighted by Gasteiger charge is -2.16. The first-order valence-electron chi connectivity index (χ1n) is 5.72. The van der Waals surface area contributed by atoms with Crippen LogP contribution in [-0.4, -0.2) is 0 Å². The van der Waals surface area contributed by atoms with Crippen molar-refractivity contribution < 1.29 is 8.78 Å². The van der Waals surface area contributed by atoms with Gasteiger partial charge in [0.25, 0.3) is 0 Å². The van der Waals surface area contributed by atoms with Gasteiger partial charge in [-0.3, -0.25) is 0 Å². The first kappa shape index (κ1) is 14.3. The lowest BCUT2D eigenvalue weighted by atomic mass is 9.89. The van der Waals surface area contributed by atoms with E-state index in [1.165, 1.54) is 18.2 Å². The largest absolute Gasteiger partial charge is 0.344 e. The van der Waals surface area contributed by atoms with Crippen LogP contribution in [0.4, 0.5) is 8.78 Å². The molecule has 1 atom stereocenters. The molecule has 0 saturated heterocycles. The number of halogens is 2. The summed E-state index contributed by atoms with van der Waals surface area (Å²) < 4.78 is 26.6. The molecule has 0 aliphatic rings. The Morgan fingerprint density at radius 2 is 1.56 bits per heavy atom. The Balaban J connectivity index is 0.00000162. The van der Waals surface area contributed by atoms with Crippen molar-refractivity contribution in [3.8, 4) is 0 Å². The summed E-state index contributed by atoms with van der Waals surface area (Å²) in [7, 11) is 0. The zero-order chi connectivity index (χ0) is 12.3. The predicted molar refractivity (Wildman–Crippen MR) is 70.0 cm³/mol. The molecule has 2 aromatic rings. The number of hydrogen-bond acceptors (Lipinski definition) is 1. The van der Waals surface area contributed by atoms with Crippen LogP contribution in [0.15, 0.2) is 48.5 Å². The second kappa shape index (κ2) is 6.26. The topological polar surface area (TPSA) is 35.0 Å². The van der Waals surface area contributed by atoms with E-state index in [1.54, 1.807) is 24.3 Å². The molecule has 1 unspecified atom stereocenters. The molecule has 18 heavy (non-hydrogen) atoms. The summed E-state index contributed by atoms with van der Waals surface area (Å²) in [4.78, 5) is 0. The Bertz CT molecular complexity index is 494. The van der Waals surface area contributed by atoms with Crippen molar-refractivity contribution >= 4 is 0 Å². The molecule has 0 bridgehead atoms. The molecular weight excluding hydrogens is 232 g/mol. The second-order valence-corrected chi connectivity index (χ2v) is 4.03. The van der Waals surface area contributed by atoms with Gasteiger partial charge in [0.15, 0.2) is 0 Å². The molecule has 0 aliphatic carbocycles. The van der Waals surface area contributed by atoms with Crippen LogP contribution >= 0.6 is 0 Å². The Hall–Kier alpha value is -1.74. The average molecular weight is 249 g/mol. The van der Waals surface area contributed by atoms with E-state index >= 15 is 0 Å². The minimum atomic E-state index is -0.267. The molecule has 0 spiro atoms. The molecule has 0 radical (unpaired) electrons. The quantitative estimate of drug-likeness (QED) is 0.842. The molecule has 3 heteroatoms. The molecular formula is C15H17F2N. The zero-order valence-electron chi connectivity index (χ0n) is 10.4. The van der Waals surface area contributed by atoms with E-state index < -0.39 is 0 Å². The van der Waals surface area contributed by atoms with Crippen molar-refractivity contribution in [3.05, 3.63) is 71.3 Å². The third-order valence-electron chi connectivity index (χ3n) is 2.96. The lowest BCUT2D eigenvalue weighted by molar-refractivity contribution is 0.591. The Labute approximate surface area is 106 Å². The Kier molecular flexibility index (Phi) is 4.98. The van der Waals surface area contributed by atoms with Crippen LogP contribution in [0.25, 0.3) is 0 Å². The molecule has 0 amide bonds. The Morgan fingerprint density at radius 3 is 2.11 bits per heavy atom. The van der Waals surface area contributed by atoms with Gasteiger partial charge in [-0.2, -0.15) is 0 Å². The summed E-state index contributed by atoms with van der Waals surface area (Å²) in [5, 5.41) is 0. The van der Waals surface area contributed by atoms with Gasteiger partial charge in [0, 0.05) is 5.92 Å². The van der Waals surface area contributed by atoms with E-state index in [2.05, 4.69) is 0 Å². The normalized spacial score (nSPS) is 11.7. The van der Waals surface area contributed by atoms with Gasteiger partial charge in [-0.25, -0.2) is 8.78 Å². The van der Waals surface area contributed by atoms with E-state index in [1.807, 2.05) is 13.0 Å².